The van der Waals surface area contributed by atoms with Crippen LogP contribution in [0.1, 0.15) is 5.56 Å². The molecule has 0 amide bonds. The molecule has 10 heteroatoms. The van der Waals surface area contributed by atoms with E-state index in [0.717, 1.165) is 0 Å². The molecule has 0 aliphatic rings. The summed E-state index contributed by atoms with van der Waals surface area (Å²) in [6.07, 6.45) is 1.60. The van der Waals surface area contributed by atoms with E-state index in [-0.39, 0.29) is 14.3 Å². The summed E-state index contributed by atoms with van der Waals surface area (Å²) in [6, 6.07) is 10.6. The molecule has 132 valence electrons. The molecule has 0 radical (unpaired) electrons. The predicted octanol–water partition coefficient (Wildman–Crippen LogP) is 2.64. The van der Waals surface area contributed by atoms with Crippen LogP contribution in [0, 0.1) is 6.92 Å². The number of nitrogens with one attached hydrogen (secondary N) is 1. The van der Waals surface area contributed by atoms with Crippen molar-refractivity contribution in [2.45, 2.75) is 11.8 Å². The lowest BCUT2D eigenvalue weighted by molar-refractivity contribution is 0.585. The van der Waals surface area contributed by atoms with Gasteiger partial charge in [-0.05, 0) is 46.6 Å². The second-order valence-corrected chi connectivity index (χ2v) is 9.62. The van der Waals surface area contributed by atoms with Crippen molar-refractivity contribution in [2.75, 3.05) is 3.71 Å². The maximum Gasteiger partial charge on any atom is 0.312 e. The zero-order chi connectivity index (χ0) is 18.4. The summed E-state index contributed by atoms with van der Waals surface area (Å²) in [7, 11) is -9.06. The van der Waals surface area contributed by atoms with E-state index in [9.17, 15) is 16.8 Å². The van der Waals surface area contributed by atoms with Crippen molar-refractivity contribution >= 4 is 52.8 Å². The Morgan fingerprint density at radius 1 is 1.04 bits per heavy atom. The van der Waals surface area contributed by atoms with Gasteiger partial charge in [0.15, 0.2) is 0 Å². The molecule has 0 saturated carbocycles. The van der Waals surface area contributed by atoms with Crippen LogP contribution in [0.5, 0.6) is 0 Å². The lowest BCUT2D eigenvalue weighted by Gasteiger charge is -2.24. The molecule has 3 N–H and O–H groups in total. The highest BCUT2D eigenvalue weighted by molar-refractivity contribution is 9.10. The van der Waals surface area contributed by atoms with Crippen molar-refractivity contribution in [1.82, 2.24) is 4.98 Å². The molecular formula is C15H14BrN3O4S2. The molecule has 0 spiro atoms. The number of nitrogens with two attached hydrogens (primary N) is 1. The molecule has 0 aliphatic carbocycles. The number of fused-ring (bicyclic) bond motifs is 1. The average molecular weight is 444 g/mol. The van der Waals surface area contributed by atoms with Crippen molar-refractivity contribution in [3.05, 3.63) is 58.7 Å². The maximum atomic E-state index is 13.0. The first-order valence-corrected chi connectivity index (χ1v) is 10.8. The standard InChI is InChI=1S/C15H14BrN3O4S2/c1-10-7-8-13-14(12(16)9-18-13)15(10)19(25(17,22)23)24(20,21)11-5-3-2-4-6-11/h2-9,18H,1H3,(H2,17,22,23). The summed E-state index contributed by atoms with van der Waals surface area (Å²) in [6.45, 7) is 1.62. The second-order valence-electron chi connectivity index (χ2n) is 5.35. The Balaban J connectivity index is 2.42. The molecule has 0 saturated heterocycles. The third kappa shape index (κ3) is 3.06. The molecule has 0 bridgehead atoms. The number of benzene rings is 2. The Hall–Kier alpha value is -1.88. The molecule has 0 atom stereocenters. The fourth-order valence-corrected chi connectivity index (χ4v) is 6.10. The zero-order valence-corrected chi connectivity index (χ0v) is 16.2. The molecule has 0 unspecified atom stereocenters. The van der Waals surface area contributed by atoms with Gasteiger partial charge in [-0.1, -0.05) is 24.3 Å². The molecule has 2 aromatic carbocycles. The highest BCUT2D eigenvalue weighted by Crippen LogP contribution is 2.39. The van der Waals surface area contributed by atoms with Crippen LogP contribution in [0.3, 0.4) is 0 Å². The number of aryl methyl sites for hydroxylation is 1. The predicted molar refractivity (Wildman–Crippen MR) is 99.9 cm³/mol. The number of sulfonamides is 1. The number of rotatable bonds is 4. The quantitative estimate of drug-likeness (QED) is 0.644. The fraction of sp³-hybridized carbons (Fsp3) is 0.0667. The first kappa shape index (κ1) is 17.9. The maximum absolute atomic E-state index is 13.0. The average Bonchev–Trinajstić information content (AvgIpc) is 2.91. The fourth-order valence-electron chi connectivity index (χ4n) is 2.58. The van der Waals surface area contributed by atoms with E-state index in [4.69, 9.17) is 5.14 Å². The Morgan fingerprint density at radius 3 is 2.28 bits per heavy atom. The van der Waals surface area contributed by atoms with Crippen LogP contribution in [0.25, 0.3) is 10.9 Å². The van der Waals surface area contributed by atoms with Gasteiger partial charge in [0.2, 0.25) is 0 Å². The molecule has 25 heavy (non-hydrogen) atoms. The molecule has 1 aromatic heterocycles. The summed E-state index contributed by atoms with van der Waals surface area (Å²) in [5, 5.41) is 5.72. The summed E-state index contributed by atoms with van der Waals surface area (Å²) in [5.41, 5.74) is 1.00. The van der Waals surface area contributed by atoms with Gasteiger partial charge in [0.25, 0.3) is 10.0 Å². The van der Waals surface area contributed by atoms with Gasteiger partial charge < -0.3 is 4.98 Å². The third-order valence-electron chi connectivity index (χ3n) is 3.65. The van der Waals surface area contributed by atoms with Gasteiger partial charge in [-0.3, -0.25) is 0 Å². The number of aromatic nitrogens is 1. The van der Waals surface area contributed by atoms with Crippen LogP contribution in [0.15, 0.2) is 58.0 Å². The van der Waals surface area contributed by atoms with Gasteiger partial charge in [-0.15, -0.1) is 3.71 Å². The number of halogens is 1. The minimum Gasteiger partial charge on any atom is -0.360 e. The van der Waals surface area contributed by atoms with Crippen LogP contribution >= 0.6 is 15.9 Å². The number of aromatic amines is 1. The minimum absolute atomic E-state index is 0.0167. The number of H-pyrrole nitrogens is 1. The van der Waals surface area contributed by atoms with Gasteiger partial charge in [0, 0.05) is 21.6 Å². The van der Waals surface area contributed by atoms with Crippen LogP contribution in [0.2, 0.25) is 0 Å². The lowest BCUT2D eigenvalue weighted by Crippen LogP contribution is -2.42. The lowest BCUT2D eigenvalue weighted by atomic mass is 10.1. The van der Waals surface area contributed by atoms with Gasteiger partial charge in [-0.2, -0.15) is 16.8 Å². The van der Waals surface area contributed by atoms with Gasteiger partial charge >= 0.3 is 10.2 Å². The highest BCUT2D eigenvalue weighted by atomic mass is 79.9. The van der Waals surface area contributed by atoms with Crippen molar-refractivity contribution in [1.29, 1.82) is 0 Å². The molecule has 7 nitrogen and oxygen atoms in total. The van der Waals surface area contributed by atoms with Gasteiger partial charge in [0.05, 0.1) is 10.6 Å². The van der Waals surface area contributed by atoms with Crippen LogP contribution in [-0.4, -0.2) is 21.8 Å². The summed E-state index contributed by atoms with van der Waals surface area (Å²) in [4.78, 5) is 2.77. The van der Waals surface area contributed by atoms with Crippen LogP contribution < -0.4 is 8.85 Å². The van der Waals surface area contributed by atoms with E-state index in [0.29, 0.717) is 20.9 Å². The summed E-state index contributed by atoms with van der Waals surface area (Å²) in [5.74, 6) is 0. The molecular weight excluding hydrogens is 430 g/mol. The summed E-state index contributed by atoms with van der Waals surface area (Å²) < 4.78 is 51.5. The van der Waals surface area contributed by atoms with E-state index in [1.165, 1.54) is 24.3 Å². The Labute approximate surface area is 153 Å². The SMILES string of the molecule is Cc1ccc2[nH]cc(Br)c2c1N(S(N)(=O)=O)S(=O)(=O)c1ccccc1. The Bertz CT molecular complexity index is 1160. The van der Waals surface area contributed by atoms with Crippen molar-refractivity contribution in [3.63, 3.8) is 0 Å². The van der Waals surface area contributed by atoms with E-state index in [1.807, 2.05) is 0 Å². The van der Waals surface area contributed by atoms with Gasteiger partial charge in [-0.25, -0.2) is 5.14 Å². The number of anilines is 1. The van der Waals surface area contributed by atoms with Gasteiger partial charge in [0.1, 0.15) is 0 Å². The molecule has 3 aromatic rings. The largest absolute Gasteiger partial charge is 0.360 e. The van der Waals surface area contributed by atoms with Crippen molar-refractivity contribution in [3.8, 4) is 0 Å². The van der Waals surface area contributed by atoms with Crippen molar-refractivity contribution < 1.29 is 16.8 Å². The normalized spacial score (nSPS) is 12.4. The van der Waals surface area contributed by atoms with Crippen molar-refractivity contribution in [2.24, 2.45) is 5.14 Å². The highest BCUT2D eigenvalue weighted by Gasteiger charge is 2.36. The van der Waals surface area contributed by atoms with E-state index >= 15 is 0 Å². The van der Waals surface area contributed by atoms with E-state index < -0.39 is 20.2 Å². The zero-order valence-electron chi connectivity index (χ0n) is 13.0. The molecule has 3 rings (SSSR count). The smallest absolute Gasteiger partial charge is 0.312 e. The van der Waals surface area contributed by atoms with Crippen LogP contribution in [-0.2, 0) is 20.2 Å². The Morgan fingerprint density at radius 2 is 1.68 bits per heavy atom. The first-order valence-electron chi connectivity index (χ1n) is 7.03. The van der Waals surface area contributed by atoms with E-state index in [2.05, 4.69) is 20.9 Å². The second kappa shape index (κ2) is 6.13. The topological polar surface area (TPSA) is 113 Å². The molecule has 0 aliphatic heterocycles. The minimum atomic E-state index is -4.62. The summed E-state index contributed by atoms with van der Waals surface area (Å²) >= 11 is 3.32. The monoisotopic (exact) mass is 443 g/mol. The number of nitrogens with zero attached hydrogens (tertiary/aromatic N) is 1. The van der Waals surface area contributed by atoms with E-state index in [1.54, 1.807) is 31.3 Å². The molecule has 1 heterocycles. The first-order chi connectivity index (χ1) is 11.6. The number of hydrogen-bond donors (Lipinski definition) is 2. The van der Waals surface area contributed by atoms with Crippen LogP contribution in [0.4, 0.5) is 5.69 Å². The number of hydrogen-bond acceptors (Lipinski definition) is 4. The molecule has 0 fully saturated rings. The third-order valence-corrected chi connectivity index (χ3v) is 7.62. The Kier molecular flexibility index (Phi) is 4.40.